The normalized spacial score (nSPS) is 16.1. The van der Waals surface area contributed by atoms with E-state index in [9.17, 15) is 0 Å². The fraction of sp³-hybridized carbons (Fsp3) is 0.231. The number of halogens is 4. The summed E-state index contributed by atoms with van der Waals surface area (Å²) in [5.41, 5.74) is 3.07. The highest BCUT2D eigenvalue weighted by Gasteiger charge is 2.26. The van der Waals surface area contributed by atoms with E-state index in [0.29, 0.717) is 33.1 Å². The monoisotopic (exact) mass is 520 g/mol. The molecule has 2 unspecified atom stereocenters. The molecule has 2 atom stereocenters. The van der Waals surface area contributed by atoms with E-state index in [4.69, 9.17) is 51.1 Å². The smallest absolute Gasteiger partial charge is 0.101 e. The zero-order valence-electron chi connectivity index (χ0n) is 17.9. The van der Waals surface area contributed by atoms with Crippen molar-refractivity contribution in [3.63, 3.8) is 0 Å². The Hall–Kier alpha value is -1.88. The maximum Gasteiger partial charge on any atom is 0.101 e. The van der Waals surface area contributed by atoms with Gasteiger partial charge in [0, 0.05) is 45.5 Å². The average molecular weight is 522 g/mol. The first-order valence-electron chi connectivity index (χ1n) is 10.7. The molecule has 0 spiro atoms. The zero-order chi connectivity index (χ0) is 23.2. The summed E-state index contributed by atoms with van der Waals surface area (Å²) < 4.78 is 6.38. The summed E-state index contributed by atoms with van der Waals surface area (Å²) in [6.07, 6.45) is 5.52. The minimum atomic E-state index is -0.266. The molecule has 3 nitrogen and oxygen atoms in total. The van der Waals surface area contributed by atoms with Crippen LogP contribution in [0.1, 0.15) is 29.2 Å². The van der Waals surface area contributed by atoms with Crippen molar-refractivity contribution in [1.29, 1.82) is 0 Å². The third-order valence-electron chi connectivity index (χ3n) is 5.66. The van der Waals surface area contributed by atoms with E-state index in [-0.39, 0.29) is 12.3 Å². The van der Waals surface area contributed by atoms with Crippen LogP contribution >= 0.6 is 46.4 Å². The molecule has 3 aromatic carbocycles. The molecule has 0 aromatic heterocycles. The third-order valence-corrected chi connectivity index (χ3v) is 6.81. The molecule has 172 valence electrons. The fourth-order valence-corrected chi connectivity index (χ4v) is 4.86. The number of hydrogen-bond donors (Lipinski definition) is 1. The summed E-state index contributed by atoms with van der Waals surface area (Å²) in [5, 5.41) is 5.79. The van der Waals surface area contributed by atoms with Crippen LogP contribution in [-0.2, 0) is 17.8 Å². The van der Waals surface area contributed by atoms with Crippen LogP contribution in [0.4, 0.5) is 0 Å². The molecule has 1 aliphatic rings. The van der Waals surface area contributed by atoms with Gasteiger partial charge in [0.15, 0.2) is 0 Å². The molecule has 0 saturated carbocycles. The zero-order valence-corrected chi connectivity index (χ0v) is 20.9. The van der Waals surface area contributed by atoms with Crippen LogP contribution in [0.5, 0.6) is 0 Å². The quantitative estimate of drug-likeness (QED) is 0.309. The molecule has 33 heavy (non-hydrogen) atoms. The van der Waals surface area contributed by atoms with Crippen molar-refractivity contribution < 1.29 is 4.74 Å². The summed E-state index contributed by atoms with van der Waals surface area (Å²) in [6.45, 7) is 1.23. The molecule has 0 aliphatic carbocycles. The Kier molecular flexibility index (Phi) is 8.45. The molecule has 0 fully saturated rings. The van der Waals surface area contributed by atoms with Gasteiger partial charge in [0.25, 0.3) is 0 Å². The minimum absolute atomic E-state index is 0.0751. The largest absolute Gasteiger partial charge is 0.370 e. The Labute approximate surface area is 214 Å². The van der Waals surface area contributed by atoms with E-state index < -0.39 is 0 Å². The maximum absolute atomic E-state index is 6.56. The lowest BCUT2D eigenvalue weighted by Gasteiger charge is -2.30. The molecule has 7 heteroatoms. The lowest BCUT2D eigenvalue weighted by atomic mass is 10.0. The van der Waals surface area contributed by atoms with Crippen molar-refractivity contribution in [2.24, 2.45) is 0 Å². The van der Waals surface area contributed by atoms with Crippen LogP contribution in [0.25, 0.3) is 0 Å². The summed E-state index contributed by atoms with van der Waals surface area (Å²) >= 11 is 25.1. The topological polar surface area (TPSA) is 24.5 Å². The van der Waals surface area contributed by atoms with Gasteiger partial charge in [0.05, 0.1) is 12.7 Å². The molecule has 0 radical (unpaired) electrons. The van der Waals surface area contributed by atoms with E-state index in [1.807, 2.05) is 36.5 Å². The maximum atomic E-state index is 6.56. The van der Waals surface area contributed by atoms with Crippen LogP contribution in [0.3, 0.4) is 0 Å². The van der Waals surface area contributed by atoms with Gasteiger partial charge in [0.2, 0.25) is 0 Å². The van der Waals surface area contributed by atoms with Gasteiger partial charge in [-0.25, -0.2) is 0 Å². The summed E-state index contributed by atoms with van der Waals surface area (Å²) in [7, 11) is 0. The molecular formula is C26H24Cl4N2O. The van der Waals surface area contributed by atoms with E-state index >= 15 is 0 Å². The third kappa shape index (κ3) is 6.59. The fourth-order valence-electron chi connectivity index (χ4n) is 3.87. The molecule has 4 rings (SSSR count). The summed E-state index contributed by atoms with van der Waals surface area (Å²) in [4.78, 5) is 2.29. The Bertz CT molecular complexity index is 1110. The highest BCUT2D eigenvalue weighted by Crippen LogP contribution is 2.34. The molecule has 0 bridgehead atoms. The number of benzene rings is 3. The van der Waals surface area contributed by atoms with Gasteiger partial charge < -0.3 is 15.0 Å². The Morgan fingerprint density at radius 3 is 2.33 bits per heavy atom. The highest BCUT2D eigenvalue weighted by atomic mass is 35.5. The first-order valence-corrected chi connectivity index (χ1v) is 12.2. The minimum Gasteiger partial charge on any atom is -0.370 e. The summed E-state index contributed by atoms with van der Waals surface area (Å²) in [6, 6.07) is 21.4. The number of hydrogen-bond acceptors (Lipinski definition) is 3. The number of rotatable bonds is 9. The summed E-state index contributed by atoms with van der Waals surface area (Å²) in [5.74, 6) is 0. The standard InChI is InChI=1S/C26H24Cl4N2O/c27-20-7-6-19(23(29)14-20)17-33-25(22-9-8-21(28)15-24(22)30)16-26-31-11-13-32(26)12-10-18-4-2-1-3-5-18/h1-9,11,13-15,25-26,31H,10,12,16-17H2. The molecule has 3 aromatic rings. The van der Waals surface area contributed by atoms with Crippen molar-refractivity contribution in [3.8, 4) is 0 Å². The number of ether oxygens (including phenoxy) is 1. The van der Waals surface area contributed by atoms with Crippen molar-refractivity contribution in [2.75, 3.05) is 6.54 Å². The van der Waals surface area contributed by atoms with Gasteiger partial charge in [-0.15, -0.1) is 0 Å². The van der Waals surface area contributed by atoms with Gasteiger partial charge in [-0.05, 0) is 47.4 Å². The molecule has 0 amide bonds. The Morgan fingerprint density at radius 1 is 0.879 bits per heavy atom. The highest BCUT2D eigenvalue weighted by molar-refractivity contribution is 6.35. The van der Waals surface area contributed by atoms with Gasteiger partial charge in [0.1, 0.15) is 6.17 Å². The van der Waals surface area contributed by atoms with Crippen LogP contribution in [0.2, 0.25) is 20.1 Å². The number of nitrogens with zero attached hydrogens (tertiary/aromatic N) is 1. The predicted molar refractivity (Wildman–Crippen MR) is 138 cm³/mol. The van der Waals surface area contributed by atoms with Gasteiger partial charge in [-0.2, -0.15) is 0 Å². The first kappa shape index (κ1) is 24.3. The van der Waals surface area contributed by atoms with Crippen molar-refractivity contribution in [2.45, 2.75) is 31.7 Å². The SMILES string of the molecule is Clc1ccc(COC(CC2NC=CN2CCc2ccccc2)c2ccc(Cl)cc2Cl)c(Cl)c1. The van der Waals surface area contributed by atoms with Crippen molar-refractivity contribution >= 4 is 46.4 Å². The van der Waals surface area contributed by atoms with E-state index in [1.54, 1.807) is 12.1 Å². The first-order chi connectivity index (χ1) is 16.0. The molecule has 1 aliphatic heterocycles. The number of nitrogens with one attached hydrogen (secondary N) is 1. The van der Waals surface area contributed by atoms with Crippen LogP contribution in [-0.4, -0.2) is 17.6 Å². The second-order valence-electron chi connectivity index (χ2n) is 7.91. The second kappa shape index (κ2) is 11.5. The molecular weight excluding hydrogens is 498 g/mol. The molecule has 1 heterocycles. The average Bonchev–Trinajstić information content (AvgIpc) is 3.24. The van der Waals surface area contributed by atoms with Gasteiger partial charge in [-0.1, -0.05) is 88.9 Å². The predicted octanol–water partition coefficient (Wildman–Crippen LogP) is 7.89. The van der Waals surface area contributed by atoms with Crippen LogP contribution in [0.15, 0.2) is 79.1 Å². The molecule has 1 N–H and O–H groups in total. The van der Waals surface area contributed by atoms with Gasteiger partial charge >= 0.3 is 0 Å². The lowest BCUT2D eigenvalue weighted by Crippen LogP contribution is -2.38. The Morgan fingerprint density at radius 2 is 1.61 bits per heavy atom. The van der Waals surface area contributed by atoms with E-state index in [1.165, 1.54) is 5.56 Å². The van der Waals surface area contributed by atoms with Crippen LogP contribution in [0, 0.1) is 0 Å². The van der Waals surface area contributed by atoms with Crippen molar-refractivity contribution in [3.05, 3.63) is 116 Å². The van der Waals surface area contributed by atoms with Crippen molar-refractivity contribution in [1.82, 2.24) is 10.2 Å². The Balaban J connectivity index is 1.48. The van der Waals surface area contributed by atoms with Gasteiger partial charge in [-0.3, -0.25) is 0 Å². The second-order valence-corrected chi connectivity index (χ2v) is 9.60. The molecule has 0 saturated heterocycles. The van der Waals surface area contributed by atoms with E-state index in [0.717, 1.165) is 24.1 Å². The van der Waals surface area contributed by atoms with E-state index in [2.05, 4.69) is 40.7 Å². The lowest BCUT2D eigenvalue weighted by molar-refractivity contribution is 0.0172. The van der Waals surface area contributed by atoms with Crippen LogP contribution < -0.4 is 5.32 Å².